The van der Waals surface area contributed by atoms with Gasteiger partial charge in [-0.25, -0.2) is 0 Å². The third-order valence-electron chi connectivity index (χ3n) is 3.48. The SMILES string of the molecule is O=C(CNCC1CC1)Nc1cccc(C2SCCS2)c1. The van der Waals surface area contributed by atoms with Crippen LogP contribution in [-0.4, -0.2) is 30.5 Å². The van der Waals surface area contributed by atoms with Gasteiger partial charge in [0.15, 0.2) is 0 Å². The van der Waals surface area contributed by atoms with Gasteiger partial charge in [-0.05, 0) is 43.0 Å². The molecule has 2 aliphatic rings. The van der Waals surface area contributed by atoms with E-state index >= 15 is 0 Å². The van der Waals surface area contributed by atoms with Gasteiger partial charge in [0.2, 0.25) is 5.91 Å². The molecule has 1 saturated heterocycles. The molecule has 0 radical (unpaired) electrons. The predicted molar refractivity (Wildman–Crippen MR) is 88.3 cm³/mol. The first-order chi connectivity index (χ1) is 9.81. The normalized spacial score (nSPS) is 19.2. The fourth-order valence-electron chi connectivity index (χ4n) is 2.23. The summed E-state index contributed by atoms with van der Waals surface area (Å²) in [6.45, 7) is 1.39. The Hall–Kier alpha value is -0.650. The molecule has 1 saturated carbocycles. The molecule has 1 aliphatic carbocycles. The monoisotopic (exact) mass is 308 g/mol. The molecule has 1 amide bonds. The molecule has 3 rings (SSSR count). The van der Waals surface area contributed by atoms with Crippen LogP contribution in [0.1, 0.15) is 23.0 Å². The zero-order chi connectivity index (χ0) is 13.8. The minimum Gasteiger partial charge on any atom is -0.325 e. The molecule has 1 aromatic rings. The molecule has 5 heteroatoms. The highest BCUT2D eigenvalue weighted by molar-refractivity contribution is 8.19. The molecule has 0 atom stereocenters. The van der Waals surface area contributed by atoms with Crippen molar-refractivity contribution < 1.29 is 4.79 Å². The molecular formula is C15H20N2OS2. The molecule has 0 bridgehead atoms. The molecule has 3 nitrogen and oxygen atoms in total. The topological polar surface area (TPSA) is 41.1 Å². The second-order valence-corrected chi connectivity index (χ2v) is 8.05. The van der Waals surface area contributed by atoms with Crippen LogP contribution in [0.5, 0.6) is 0 Å². The second-order valence-electron chi connectivity index (χ2n) is 5.32. The standard InChI is InChI=1S/C15H20N2OS2/c18-14(10-16-9-11-4-5-11)17-13-3-1-2-12(8-13)15-19-6-7-20-15/h1-3,8,11,15-16H,4-7,9-10H2,(H,17,18). The van der Waals surface area contributed by atoms with Gasteiger partial charge in [0.25, 0.3) is 0 Å². The number of anilines is 1. The summed E-state index contributed by atoms with van der Waals surface area (Å²) in [6, 6.07) is 8.25. The number of carbonyl (C=O) groups is 1. The van der Waals surface area contributed by atoms with Gasteiger partial charge in [0, 0.05) is 17.2 Å². The van der Waals surface area contributed by atoms with E-state index in [1.807, 2.05) is 35.7 Å². The smallest absolute Gasteiger partial charge is 0.238 e. The molecule has 20 heavy (non-hydrogen) atoms. The zero-order valence-corrected chi connectivity index (χ0v) is 13.1. The van der Waals surface area contributed by atoms with E-state index in [1.165, 1.54) is 29.9 Å². The van der Waals surface area contributed by atoms with Crippen LogP contribution >= 0.6 is 23.5 Å². The van der Waals surface area contributed by atoms with Crippen LogP contribution < -0.4 is 10.6 Å². The minimum absolute atomic E-state index is 0.0505. The Morgan fingerprint density at radius 1 is 1.25 bits per heavy atom. The van der Waals surface area contributed by atoms with Crippen LogP contribution in [-0.2, 0) is 4.79 Å². The number of amides is 1. The number of carbonyl (C=O) groups excluding carboxylic acids is 1. The third-order valence-corrected chi connectivity index (χ3v) is 6.58. The van der Waals surface area contributed by atoms with Gasteiger partial charge in [-0.15, -0.1) is 23.5 Å². The molecule has 1 heterocycles. The Bertz CT molecular complexity index is 471. The van der Waals surface area contributed by atoms with Gasteiger partial charge in [0.05, 0.1) is 11.1 Å². The molecule has 2 N–H and O–H groups in total. The first kappa shape index (κ1) is 14.3. The Balaban J connectivity index is 1.50. The van der Waals surface area contributed by atoms with E-state index in [-0.39, 0.29) is 5.91 Å². The number of thioether (sulfide) groups is 2. The first-order valence-electron chi connectivity index (χ1n) is 7.15. The molecule has 0 spiro atoms. The van der Waals surface area contributed by atoms with Gasteiger partial charge in [-0.1, -0.05) is 12.1 Å². The van der Waals surface area contributed by atoms with Crippen LogP contribution in [0.2, 0.25) is 0 Å². The number of hydrogen-bond acceptors (Lipinski definition) is 4. The Morgan fingerprint density at radius 3 is 2.80 bits per heavy atom. The highest BCUT2D eigenvalue weighted by Crippen LogP contribution is 2.45. The number of rotatable bonds is 6. The van der Waals surface area contributed by atoms with Crippen LogP contribution in [0.3, 0.4) is 0 Å². The average Bonchev–Trinajstić information content (AvgIpc) is 3.10. The molecule has 0 unspecified atom stereocenters. The van der Waals surface area contributed by atoms with E-state index in [0.717, 1.165) is 18.2 Å². The third kappa shape index (κ3) is 4.17. The van der Waals surface area contributed by atoms with Crippen molar-refractivity contribution in [1.82, 2.24) is 5.32 Å². The summed E-state index contributed by atoms with van der Waals surface area (Å²) in [4.78, 5) is 11.9. The van der Waals surface area contributed by atoms with Crippen molar-refractivity contribution in [2.24, 2.45) is 5.92 Å². The summed E-state index contributed by atoms with van der Waals surface area (Å²) in [5, 5.41) is 6.20. The lowest BCUT2D eigenvalue weighted by atomic mass is 10.2. The Labute approximate surface area is 128 Å². The zero-order valence-electron chi connectivity index (χ0n) is 11.4. The predicted octanol–water partition coefficient (Wildman–Crippen LogP) is 3.10. The molecule has 108 valence electrons. The summed E-state index contributed by atoms with van der Waals surface area (Å²) >= 11 is 3.97. The fourth-order valence-corrected chi connectivity index (χ4v) is 5.07. The molecule has 1 aliphatic heterocycles. The Morgan fingerprint density at radius 2 is 2.05 bits per heavy atom. The van der Waals surface area contributed by atoms with Crippen molar-refractivity contribution in [2.45, 2.75) is 17.4 Å². The van der Waals surface area contributed by atoms with Gasteiger partial charge < -0.3 is 10.6 Å². The van der Waals surface area contributed by atoms with E-state index in [4.69, 9.17) is 0 Å². The van der Waals surface area contributed by atoms with Gasteiger partial charge in [-0.3, -0.25) is 4.79 Å². The maximum atomic E-state index is 11.9. The van der Waals surface area contributed by atoms with Crippen LogP contribution in [0.15, 0.2) is 24.3 Å². The van der Waals surface area contributed by atoms with Crippen molar-refractivity contribution in [2.75, 3.05) is 29.9 Å². The first-order valence-corrected chi connectivity index (χ1v) is 9.25. The van der Waals surface area contributed by atoms with Crippen LogP contribution in [0.25, 0.3) is 0 Å². The quantitative estimate of drug-likeness (QED) is 0.847. The Kier molecular flexibility index (Phi) is 4.91. The highest BCUT2D eigenvalue weighted by atomic mass is 32.2. The van der Waals surface area contributed by atoms with Crippen molar-refractivity contribution in [3.05, 3.63) is 29.8 Å². The lowest BCUT2D eigenvalue weighted by Gasteiger charge is -2.11. The maximum Gasteiger partial charge on any atom is 0.238 e. The summed E-state index contributed by atoms with van der Waals surface area (Å²) in [5.41, 5.74) is 2.22. The summed E-state index contributed by atoms with van der Waals surface area (Å²) in [5.74, 6) is 3.30. The average molecular weight is 308 g/mol. The highest BCUT2D eigenvalue weighted by Gasteiger charge is 2.21. The van der Waals surface area contributed by atoms with Crippen molar-refractivity contribution in [3.8, 4) is 0 Å². The van der Waals surface area contributed by atoms with E-state index in [9.17, 15) is 4.79 Å². The van der Waals surface area contributed by atoms with Gasteiger partial charge in [-0.2, -0.15) is 0 Å². The molecule has 2 fully saturated rings. The van der Waals surface area contributed by atoms with Crippen LogP contribution in [0, 0.1) is 5.92 Å². The van der Waals surface area contributed by atoms with Crippen molar-refractivity contribution >= 4 is 35.1 Å². The summed E-state index contributed by atoms with van der Waals surface area (Å²) < 4.78 is 0.528. The minimum atomic E-state index is 0.0505. The second kappa shape index (κ2) is 6.87. The van der Waals surface area contributed by atoms with E-state index < -0.39 is 0 Å². The van der Waals surface area contributed by atoms with E-state index in [0.29, 0.717) is 11.1 Å². The fraction of sp³-hybridized carbons (Fsp3) is 0.533. The van der Waals surface area contributed by atoms with E-state index in [1.54, 1.807) is 0 Å². The number of hydrogen-bond donors (Lipinski definition) is 2. The largest absolute Gasteiger partial charge is 0.325 e. The lowest BCUT2D eigenvalue weighted by molar-refractivity contribution is -0.115. The molecule has 0 aromatic heterocycles. The summed E-state index contributed by atoms with van der Waals surface area (Å²) in [6.07, 6.45) is 2.63. The number of nitrogens with one attached hydrogen (secondary N) is 2. The van der Waals surface area contributed by atoms with E-state index in [2.05, 4.69) is 22.8 Å². The van der Waals surface area contributed by atoms with Crippen molar-refractivity contribution in [3.63, 3.8) is 0 Å². The molecular weight excluding hydrogens is 288 g/mol. The lowest BCUT2D eigenvalue weighted by Crippen LogP contribution is -2.29. The molecule has 1 aromatic carbocycles. The van der Waals surface area contributed by atoms with Gasteiger partial charge >= 0.3 is 0 Å². The number of benzene rings is 1. The van der Waals surface area contributed by atoms with Gasteiger partial charge in [0.1, 0.15) is 0 Å². The maximum absolute atomic E-state index is 11.9. The van der Waals surface area contributed by atoms with Crippen molar-refractivity contribution in [1.29, 1.82) is 0 Å². The summed E-state index contributed by atoms with van der Waals surface area (Å²) in [7, 11) is 0. The van der Waals surface area contributed by atoms with Crippen LogP contribution in [0.4, 0.5) is 5.69 Å².